The van der Waals surface area contributed by atoms with Crippen LogP contribution in [0.2, 0.25) is 0 Å². The van der Waals surface area contributed by atoms with Crippen molar-refractivity contribution in [3.8, 4) is 0 Å². The van der Waals surface area contributed by atoms with Crippen LogP contribution < -0.4 is 26.4 Å². The van der Waals surface area contributed by atoms with Crippen molar-refractivity contribution in [2.24, 2.45) is 5.92 Å². The first-order chi connectivity index (χ1) is 24.9. The Labute approximate surface area is 309 Å². The molecule has 0 heterocycles. The molecule has 0 aliphatic rings. The minimum atomic E-state index is -4.12. The Kier molecular flexibility index (Phi) is 13.2. The van der Waals surface area contributed by atoms with E-state index >= 15 is 0 Å². The first kappa shape index (κ1) is 40.3. The first-order valence-corrected chi connectivity index (χ1v) is 18.7. The van der Waals surface area contributed by atoms with E-state index in [1.165, 1.54) is 30.3 Å². The van der Waals surface area contributed by atoms with Crippen LogP contribution in [0.15, 0.2) is 91.0 Å². The van der Waals surface area contributed by atoms with Crippen molar-refractivity contribution in [3.05, 3.63) is 119 Å². The SMILES string of the molecule is CC(C)Cc1ccc(NS(=O)(=O)C[C@H](O)[C@H](Cc2ccccc2)NC(=O)c2ccc(C(=O)Nc3cc(F)ccc3NC(=O)OC(C)(C)C)cc2)c(N)c1. The summed E-state index contributed by atoms with van der Waals surface area (Å²) in [6, 6.07) is 22.0. The summed E-state index contributed by atoms with van der Waals surface area (Å²) in [5.41, 5.74) is 7.83. The fourth-order valence-electron chi connectivity index (χ4n) is 5.37. The normalized spacial score (nSPS) is 12.8. The topological polar surface area (TPSA) is 189 Å². The van der Waals surface area contributed by atoms with Crippen LogP contribution >= 0.6 is 0 Å². The molecule has 14 heteroatoms. The molecule has 0 bridgehead atoms. The van der Waals surface area contributed by atoms with Crippen LogP contribution in [0, 0.1) is 11.7 Å². The van der Waals surface area contributed by atoms with Gasteiger partial charge in [0.25, 0.3) is 11.8 Å². The maximum Gasteiger partial charge on any atom is 0.412 e. The first-order valence-electron chi connectivity index (χ1n) is 17.0. The van der Waals surface area contributed by atoms with E-state index in [-0.39, 0.29) is 40.3 Å². The molecule has 0 aliphatic carbocycles. The summed E-state index contributed by atoms with van der Waals surface area (Å²) in [7, 11) is -4.12. The number of nitrogens with one attached hydrogen (secondary N) is 4. The molecule has 0 aromatic heterocycles. The molecule has 0 unspecified atom stereocenters. The molecule has 0 spiro atoms. The van der Waals surface area contributed by atoms with Gasteiger partial charge in [-0.25, -0.2) is 17.6 Å². The number of aliphatic hydroxyl groups excluding tert-OH is 1. The number of nitrogens with two attached hydrogens (primary N) is 1. The van der Waals surface area contributed by atoms with Gasteiger partial charge in [-0.2, -0.15) is 0 Å². The molecule has 0 saturated carbocycles. The highest BCUT2D eigenvalue weighted by atomic mass is 32.2. The predicted molar refractivity (Wildman–Crippen MR) is 205 cm³/mol. The molecule has 12 nitrogen and oxygen atoms in total. The minimum absolute atomic E-state index is 0.0179. The lowest BCUT2D eigenvalue weighted by atomic mass is 10.0. The quantitative estimate of drug-likeness (QED) is 0.0805. The number of rotatable bonds is 14. The van der Waals surface area contributed by atoms with Crippen molar-refractivity contribution in [1.29, 1.82) is 0 Å². The Bertz CT molecular complexity index is 2020. The van der Waals surface area contributed by atoms with Gasteiger partial charge in [-0.3, -0.25) is 19.6 Å². The molecule has 53 heavy (non-hydrogen) atoms. The van der Waals surface area contributed by atoms with Gasteiger partial charge in [-0.05, 0) is 105 Å². The third-order valence-corrected chi connectivity index (χ3v) is 9.08. The summed E-state index contributed by atoms with van der Waals surface area (Å²) in [6.07, 6.45) is -1.44. The highest BCUT2D eigenvalue weighted by molar-refractivity contribution is 7.92. The van der Waals surface area contributed by atoms with Crippen LogP contribution in [0.5, 0.6) is 0 Å². The zero-order valence-corrected chi connectivity index (χ0v) is 31.1. The van der Waals surface area contributed by atoms with Crippen molar-refractivity contribution in [2.75, 3.05) is 26.8 Å². The van der Waals surface area contributed by atoms with Gasteiger partial charge in [0.2, 0.25) is 10.0 Å². The van der Waals surface area contributed by atoms with Crippen molar-refractivity contribution in [1.82, 2.24) is 5.32 Å². The summed E-state index contributed by atoms with van der Waals surface area (Å²) in [5.74, 6) is -2.28. The Morgan fingerprint density at radius 3 is 2.02 bits per heavy atom. The Morgan fingerprint density at radius 2 is 1.42 bits per heavy atom. The van der Waals surface area contributed by atoms with Gasteiger partial charge < -0.3 is 26.2 Å². The van der Waals surface area contributed by atoms with Gasteiger partial charge in [-0.15, -0.1) is 0 Å². The second-order valence-corrected chi connectivity index (χ2v) is 15.9. The maximum atomic E-state index is 14.1. The summed E-state index contributed by atoms with van der Waals surface area (Å²) in [4.78, 5) is 38.8. The van der Waals surface area contributed by atoms with E-state index in [9.17, 15) is 32.3 Å². The summed E-state index contributed by atoms with van der Waals surface area (Å²) in [6.45, 7) is 9.18. The molecular formula is C39H46FN5O7S. The zero-order valence-electron chi connectivity index (χ0n) is 30.3. The van der Waals surface area contributed by atoms with Crippen LogP contribution in [-0.2, 0) is 27.6 Å². The average Bonchev–Trinajstić information content (AvgIpc) is 3.06. The lowest BCUT2D eigenvalue weighted by molar-refractivity contribution is 0.0635. The Balaban J connectivity index is 1.46. The minimum Gasteiger partial charge on any atom is -0.444 e. The monoisotopic (exact) mass is 747 g/mol. The number of carbonyl (C=O) groups excluding carboxylic acids is 3. The summed E-state index contributed by atoms with van der Waals surface area (Å²) < 4.78 is 48.2. The van der Waals surface area contributed by atoms with Gasteiger partial charge in [0, 0.05) is 11.1 Å². The molecule has 0 saturated heterocycles. The van der Waals surface area contributed by atoms with Crippen molar-refractivity contribution >= 4 is 50.7 Å². The number of anilines is 4. The lowest BCUT2D eigenvalue weighted by Gasteiger charge is -2.25. The molecule has 7 N–H and O–H groups in total. The van der Waals surface area contributed by atoms with Crippen molar-refractivity contribution in [2.45, 2.75) is 65.2 Å². The number of hydrogen-bond acceptors (Lipinski definition) is 8. The molecule has 0 radical (unpaired) electrons. The number of benzene rings is 4. The average molecular weight is 748 g/mol. The van der Waals surface area contributed by atoms with Crippen molar-refractivity contribution < 1.29 is 37.0 Å². The molecule has 2 atom stereocenters. The second-order valence-electron chi connectivity index (χ2n) is 14.1. The van der Waals surface area contributed by atoms with Crippen LogP contribution in [0.4, 0.5) is 31.9 Å². The zero-order chi connectivity index (χ0) is 38.9. The molecule has 4 aromatic carbocycles. The molecule has 4 rings (SSSR count). The Hall–Kier alpha value is -5.47. The molecule has 0 fully saturated rings. The third kappa shape index (κ3) is 12.6. The number of halogens is 1. The highest BCUT2D eigenvalue weighted by Crippen LogP contribution is 2.26. The van der Waals surface area contributed by atoms with Gasteiger partial charge >= 0.3 is 6.09 Å². The number of ether oxygens (including phenoxy) is 1. The number of carbonyl (C=O) groups is 3. The number of aliphatic hydroxyl groups is 1. The highest BCUT2D eigenvalue weighted by Gasteiger charge is 2.28. The van der Waals surface area contributed by atoms with Crippen LogP contribution in [0.25, 0.3) is 0 Å². The fraction of sp³-hybridized carbons (Fsp3) is 0.308. The molecular weight excluding hydrogens is 702 g/mol. The van der Waals surface area contributed by atoms with Gasteiger partial charge in [0.1, 0.15) is 11.4 Å². The second kappa shape index (κ2) is 17.4. The number of amides is 3. The predicted octanol–water partition coefficient (Wildman–Crippen LogP) is 6.35. The molecule has 4 aromatic rings. The summed E-state index contributed by atoms with van der Waals surface area (Å²) in [5, 5.41) is 19.0. The largest absolute Gasteiger partial charge is 0.444 e. The van der Waals surface area contributed by atoms with E-state index in [1.807, 2.05) is 6.07 Å². The van der Waals surface area contributed by atoms with E-state index in [0.717, 1.165) is 29.7 Å². The smallest absolute Gasteiger partial charge is 0.412 e. The molecule has 0 aliphatic heterocycles. The molecule has 282 valence electrons. The van der Waals surface area contributed by atoms with Crippen LogP contribution in [0.3, 0.4) is 0 Å². The van der Waals surface area contributed by atoms with Gasteiger partial charge in [-0.1, -0.05) is 50.2 Å². The fourth-order valence-corrected chi connectivity index (χ4v) is 6.65. The number of nitrogen functional groups attached to an aromatic ring is 1. The van der Waals surface area contributed by atoms with Crippen molar-refractivity contribution in [3.63, 3.8) is 0 Å². The van der Waals surface area contributed by atoms with E-state index in [0.29, 0.717) is 5.92 Å². The van der Waals surface area contributed by atoms with Gasteiger partial charge in [0.05, 0.1) is 40.6 Å². The summed E-state index contributed by atoms with van der Waals surface area (Å²) >= 11 is 0. The number of sulfonamides is 1. The van der Waals surface area contributed by atoms with E-state index in [2.05, 4.69) is 34.5 Å². The van der Waals surface area contributed by atoms with E-state index in [4.69, 9.17) is 10.5 Å². The molecule has 3 amide bonds. The van der Waals surface area contributed by atoms with E-state index in [1.54, 1.807) is 63.2 Å². The van der Waals surface area contributed by atoms with Crippen LogP contribution in [0.1, 0.15) is 66.5 Å². The van der Waals surface area contributed by atoms with E-state index < -0.39 is 57.2 Å². The third-order valence-electron chi connectivity index (χ3n) is 7.77. The lowest BCUT2D eigenvalue weighted by Crippen LogP contribution is -2.48. The maximum absolute atomic E-state index is 14.1. The number of hydrogen-bond donors (Lipinski definition) is 6. The van der Waals surface area contributed by atoms with Gasteiger partial charge in [0.15, 0.2) is 0 Å². The standard InChI is InChI=1S/C39H46FN5O7S/c1-24(2)19-26-11-17-31(30(41)20-26)45-53(50,51)23-35(46)34(21-25-9-7-6-8-10-25)43-37(48)28-14-12-27(13-15-28)36(47)42-33-22-29(40)16-18-32(33)44-38(49)52-39(3,4)5/h6-18,20,22,24,34-35,45-46H,19,21,23,41H2,1-5H3,(H,42,47)(H,43,48)(H,44,49)/t34-,35-/m0/s1. The van der Waals surface area contributed by atoms with Crippen LogP contribution in [-0.4, -0.2) is 54.9 Å². The Morgan fingerprint density at radius 1 is 0.792 bits per heavy atom.